The normalized spacial score (nSPS) is 17.5. The number of aldehydes is 1. The van der Waals surface area contributed by atoms with Crippen molar-refractivity contribution in [2.45, 2.75) is 25.4 Å². The molecule has 2 atom stereocenters. The molecule has 0 amide bonds. The average molecular weight is 180 g/mol. The summed E-state index contributed by atoms with van der Waals surface area (Å²) in [5, 5.41) is 0. The Morgan fingerprint density at radius 2 is 1.92 bits per heavy atom. The fourth-order valence-corrected chi connectivity index (χ4v) is 1.19. The quantitative estimate of drug-likeness (QED) is 0.653. The number of rotatable bonds is 3. The molecule has 0 bridgehead atoms. The van der Waals surface area contributed by atoms with Gasteiger partial charge in [0.1, 0.15) is 12.5 Å². The van der Waals surface area contributed by atoms with Crippen molar-refractivity contribution >= 4 is 6.29 Å². The number of carbonyl (C=O) groups is 1. The third-order valence-corrected chi connectivity index (χ3v) is 2.47. The maximum absolute atomic E-state index is 13.2. The van der Waals surface area contributed by atoms with Crippen LogP contribution >= 0.6 is 0 Å². The van der Waals surface area contributed by atoms with Crippen LogP contribution in [0.2, 0.25) is 0 Å². The van der Waals surface area contributed by atoms with Crippen LogP contribution in [0, 0.1) is 0 Å². The van der Waals surface area contributed by atoms with Crippen molar-refractivity contribution in [3.05, 3.63) is 35.9 Å². The second-order valence-corrected chi connectivity index (χ2v) is 3.38. The lowest BCUT2D eigenvalue weighted by Gasteiger charge is -2.24. The zero-order valence-electron chi connectivity index (χ0n) is 7.83. The molecular weight excluding hydrogens is 167 g/mol. The van der Waals surface area contributed by atoms with Gasteiger partial charge in [0.2, 0.25) is 0 Å². The zero-order chi connectivity index (χ0) is 9.90. The maximum atomic E-state index is 13.2. The second kappa shape index (κ2) is 3.69. The fourth-order valence-electron chi connectivity index (χ4n) is 1.19. The molecule has 0 saturated carbocycles. The van der Waals surface area contributed by atoms with Crippen LogP contribution in [0.3, 0.4) is 0 Å². The molecule has 1 rings (SSSR count). The first-order chi connectivity index (χ1) is 6.11. The van der Waals surface area contributed by atoms with Crippen LogP contribution in [0.5, 0.6) is 0 Å². The zero-order valence-corrected chi connectivity index (χ0v) is 7.83. The third-order valence-electron chi connectivity index (χ3n) is 2.47. The average Bonchev–Trinajstić information content (AvgIpc) is 2.17. The molecule has 0 unspecified atom stereocenters. The summed E-state index contributed by atoms with van der Waals surface area (Å²) >= 11 is 0. The number of halogens is 1. The van der Waals surface area contributed by atoms with Crippen molar-refractivity contribution in [1.29, 1.82) is 0 Å². The van der Waals surface area contributed by atoms with Crippen LogP contribution in [0.4, 0.5) is 4.39 Å². The molecule has 13 heavy (non-hydrogen) atoms. The fraction of sp³-hybridized carbons (Fsp3) is 0.364. The van der Waals surface area contributed by atoms with Gasteiger partial charge in [0, 0.05) is 0 Å². The predicted octanol–water partition coefficient (Wildman–Crippen LogP) is 2.50. The van der Waals surface area contributed by atoms with Crippen LogP contribution in [0.15, 0.2) is 30.3 Å². The smallest absolute Gasteiger partial charge is 0.133 e. The van der Waals surface area contributed by atoms with Crippen molar-refractivity contribution in [3.63, 3.8) is 0 Å². The lowest BCUT2D eigenvalue weighted by Crippen LogP contribution is -2.33. The van der Waals surface area contributed by atoms with Gasteiger partial charge in [-0.1, -0.05) is 30.3 Å². The van der Waals surface area contributed by atoms with E-state index in [1.54, 1.807) is 31.2 Å². The van der Waals surface area contributed by atoms with E-state index in [-0.39, 0.29) is 0 Å². The summed E-state index contributed by atoms with van der Waals surface area (Å²) in [5.74, 6) is 0. The van der Waals surface area contributed by atoms with E-state index in [0.717, 1.165) is 5.56 Å². The van der Waals surface area contributed by atoms with Crippen LogP contribution in [-0.4, -0.2) is 12.5 Å². The van der Waals surface area contributed by atoms with Gasteiger partial charge in [-0.25, -0.2) is 4.39 Å². The first kappa shape index (κ1) is 9.90. The molecule has 0 aliphatic rings. The van der Waals surface area contributed by atoms with Crippen molar-refractivity contribution in [2.24, 2.45) is 0 Å². The highest BCUT2D eigenvalue weighted by atomic mass is 19.1. The van der Waals surface area contributed by atoms with Crippen molar-refractivity contribution < 1.29 is 9.18 Å². The Labute approximate surface area is 77.6 Å². The van der Waals surface area contributed by atoms with E-state index in [0.29, 0.717) is 6.29 Å². The summed E-state index contributed by atoms with van der Waals surface area (Å²) in [6, 6.07) is 8.99. The second-order valence-electron chi connectivity index (χ2n) is 3.38. The minimum Gasteiger partial charge on any atom is -0.302 e. The highest BCUT2D eigenvalue weighted by molar-refractivity contribution is 5.68. The summed E-state index contributed by atoms with van der Waals surface area (Å²) in [7, 11) is 0. The number of benzene rings is 1. The highest BCUT2D eigenvalue weighted by Gasteiger charge is 2.32. The van der Waals surface area contributed by atoms with Crippen molar-refractivity contribution in [3.8, 4) is 0 Å². The van der Waals surface area contributed by atoms with E-state index in [4.69, 9.17) is 0 Å². The van der Waals surface area contributed by atoms with Crippen LogP contribution < -0.4 is 0 Å². The van der Waals surface area contributed by atoms with Gasteiger partial charge in [-0.2, -0.15) is 0 Å². The topological polar surface area (TPSA) is 17.1 Å². The Morgan fingerprint density at radius 1 is 1.38 bits per heavy atom. The molecule has 70 valence electrons. The van der Waals surface area contributed by atoms with Crippen LogP contribution in [0.25, 0.3) is 0 Å². The monoisotopic (exact) mass is 180 g/mol. The Hall–Kier alpha value is -1.18. The van der Waals surface area contributed by atoms with Gasteiger partial charge in [0.15, 0.2) is 0 Å². The molecule has 1 nitrogen and oxygen atoms in total. The first-order valence-corrected chi connectivity index (χ1v) is 4.27. The number of hydrogen-bond acceptors (Lipinski definition) is 1. The van der Waals surface area contributed by atoms with E-state index in [1.807, 2.05) is 6.07 Å². The van der Waals surface area contributed by atoms with E-state index in [9.17, 15) is 9.18 Å². The molecule has 0 saturated heterocycles. The van der Waals surface area contributed by atoms with Crippen molar-refractivity contribution in [2.75, 3.05) is 0 Å². The standard InChI is InChI=1S/C11H13FO/c1-9(12)11(2,8-13)10-6-4-3-5-7-10/h3-9H,1-2H3/t9-,11+/m0/s1. The molecule has 0 aliphatic heterocycles. The van der Waals surface area contributed by atoms with E-state index < -0.39 is 11.6 Å². The summed E-state index contributed by atoms with van der Waals surface area (Å²) in [4.78, 5) is 10.8. The van der Waals surface area contributed by atoms with E-state index in [1.165, 1.54) is 6.92 Å². The lowest BCUT2D eigenvalue weighted by molar-refractivity contribution is -0.113. The largest absolute Gasteiger partial charge is 0.302 e. The minimum absolute atomic E-state index is 0.674. The molecule has 0 spiro atoms. The molecule has 1 aromatic rings. The van der Waals surface area contributed by atoms with Gasteiger partial charge < -0.3 is 4.79 Å². The predicted molar refractivity (Wildman–Crippen MR) is 50.4 cm³/mol. The Bertz CT molecular complexity index is 281. The maximum Gasteiger partial charge on any atom is 0.133 e. The molecule has 0 aromatic heterocycles. The SMILES string of the molecule is C[C@H](F)[C@@](C)(C=O)c1ccccc1. The summed E-state index contributed by atoms with van der Waals surface area (Å²) in [6.45, 7) is 3.02. The lowest BCUT2D eigenvalue weighted by atomic mass is 9.80. The van der Waals surface area contributed by atoms with Gasteiger partial charge >= 0.3 is 0 Å². The molecule has 0 N–H and O–H groups in total. The Kier molecular flexibility index (Phi) is 2.81. The van der Waals surface area contributed by atoms with Gasteiger partial charge in [0.25, 0.3) is 0 Å². The number of carbonyl (C=O) groups excluding carboxylic acids is 1. The summed E-state index contributed by atoms with van der Waals surface area (Å²) < 4.78 is 13.2. The molecular formula is C11H13FO. The number of alkyl halides is 1. The van der Waals surface area contributed by atoms with Gasteiger partial charge in [-0.05, 0) is 19.4 Å². The molecule has 0 heterocycles. The minimum atomic E-state index is -1.17. The molecule has 2 heteroatoms. The van der Waals surface area contributed by atoms with Crippen LogP contribution in [0.1, 0.15) is 19.4 Å². The van der Waals surface area contributed by atoms with E-state index >= 15 is 0 Å². The molecule has 0 fully saturated rings. The van der Waals surface area contributed by atoms with Crippen LogP contribution in [-0.2, 0) is 10.2 Å². The Morgan fingerprint density at radius 3 is 2.31 bits per heavy atom. The molecule has 0 aliphatic carbocycles. The highest BCUT2D eigenvalue weighted by Crippen LogP contribution is 2.27. The Balaban J connectivity index is 3.10. The number of hydrogen-bond donors (Lipinski definition) is 0. The summed E-state index contributed by atoms with van der Waals surface area (Å²) in [5.41, 5.74) is -0.290. The summed E-state index contributed by atoms with van der Waals surface area (Å²) in [6.07, 6.45) is -0.500. The van der Waals surface area contributed by atoms with Gasteiger partial charge in [-0.15, -0.1) is 0 Å². The van der Waals surface area contributed by atoms with Gasteiger partial charge in [-0.3, -0.25) is 0 Å². The first-order valence-electron chi connectivity index (χ1n) is 4.27. The molecule has 0 radical (unpaired) electrons. The van der Waals surface area contributed by atoms with Gasteiger partial charge in [0.05, 0.1) is 5.41 Å². The molecule has 1 aromatic carbocycles. The third kappa shape index (κ3) is 1.77. The van der Waals surface area contributed by atoms with E-state index in [2.05, 4.69) is 0 Å². The van der Waals surface area contributed by atoms with Crippen molar-refractivity contribution in [1.82, 2.24) is 0 Å².